The van der Waals surface area contributed by atoms with E-state index in [0.717, 1.165) is 0 Å². The molecule has 0 radical (unpaired) electrons. The van der Waals surface area contributed by atoms with Crippen molar-refractivity contribution in [3.63, 3.8) is 0 Å². The minimum atomic E-state index is -0.387. The minimum Gasteiger partial charge on any atom is -0.453 e. The molecule has 0 unspecified atom stereocenters. The lowest BCUT2D eigenvalue weighted by molar-refractivity contribution is 0.161. The number of nitrogens with one attached hydrogen (secondary N) is 1. The number of hydrogen-bond donors (Lipinski definition) is 1. The van der Waals surface area contributed by atoms with Crippen molar-refractivity contribution in [2.75, 3.05) is 7.11 Å². The van der Waals surface area contributed by atoms with Crippen LogP contribution in [0.15, 0.2) is 0 Å². The van der Waals surface area contributed by atoms with Crippen molar-refractivity contribution in [1.82, 2.24) is 5.32 Å². The highest BCUT2D eigenvalue weighted by molar-refractivity contribution is 5.67. The zero-order chi connectivity index (χ0) is 10.2. The smallest absolute Gasteiger partial charge is 0.407 e. The van der Waals surface area contributed by atoms with Crippen LogP contribution in [-0.4, -0.2) is 18.7 Å². The highest BCUT2D eigenvalue weighted by atomic mass is 16.5. The molecule has 0 aromatic carbocycles. The number of rotatable bonds is 0. The summed E-state index contributed by atoms with van der Waals surface area (Å²) in [6, 6.07) is 0. The van der Waals surface area contributed by atoms with Crippen LogP contribution in [-0.2, 0) is 4.74 Å². The molecule has 0 atom stereocenters. The molecule has 0 aromatic heterocycles. The molecule has 3 nitrogen and oxygen atoms in total. The van der Waals surface area contributed by atoms with Gasteiger partial charge >= 0.3 is 6.09 Å². The van der Waals surface area contributed by atoms with E-state index in [9.17, 15) is 4.79 Å². The summed E-state index contributed by atoms with van der Waals surface area (Å²) >= 11 is 0. The maximum absolute atomic E-state index is 10.5. The first kappa shape index (κ1) is 13.8. The first-order valence-corrected chi connectivity index (χ1v) is 4.23. The van der Waals surface area contributed by atoms with E-state index in [-0.39, 0.29) is 11.6 Å². The molecule has 0 spiro atoms. The molecule has 12 heavy (non-hydrogen) atoms. The number of carbonyl (C=O) groups is 1. The Kier molecular flexibility index (Phi) is 8.01. The van der Waals surface area contributed by atoms with Crippen molar-refractivity contribution in [1.29, 1.82) is 0 Å². The number of hydrogen-bond acceptors (Lipinski definition) is 2. The average Bonchev–Trinajstić information content (AvgIpc) is 1.86. The molecule has 0 saturated carbocycles. The van der Waals surface area contributed by atoms with Gasteiger partial charge < -0.3 is 10.1 Å². The third-order valence-corrected chi connectivity index (χ3v) is 0.662. The first-order valence-electron chi connectivity index (χ1n) is 4.23. The van der Waals surface area contributed by atoms with Crippen molar-refractivity contribution in [3.05, 3.63) is 0 Å². The molecule has 0 bridgehead atoms. The lowest BCUT2D eigenvalue weighted by Gasteiger charge is -2.18. The highest BCUT2D eigenvalue weighted by Crippen LogP contribution is 1.97. The van der Waals surface area contributed by atoms with Gasteiger partial charge in [-0.2, -0.15) is 0 Å². The van der Waals surface area contributed by atoms with Crippen LogP contribution in [0.4, 0.5) is 4.79 Å². The van der Waals surface area contributed by atoms with Crippen LogP contribution in [0.25, 0.3) is 0 Å². The van der Waals surface area contributed by atoms with Crippen LogP contribution in [0.5, 0.6) is 0 Å². The van der Waals surface area contributed by atoms with Gasteiger partial charge in [0.25, 0.3) is 0 Å². The fourth-order valence-electron chi connectivity index (χ4n) is 0.357. The number of ether oxygens (including phenoxy) is 1. The Labute approximate surface area is 75.5 Å². The van der Waals surface area contributed by atoms with Gasteiger partial charge in [0.15, 0.2) is 0 Å². The number of amides is 1. The van der Waals surface area contributed by atoms with Gasteiger partial charge in [-0.15, -0.1) is 0 Å². The van der Waals surface area contributed by atoms with Crippen molar-refractivity contribution in [2.24, 2.45) is 0 Å². The van der Waals surface area contributed by atoms with E-state index in [0.29, 0.717) is 0 Å². The quantitative estimate of drug-likeness (QED) is 0.614. The average molecular weight is 175 g/mol. The van der Waals surface area contributed by atoms with Crippen LogP contribution in [0.3, 0.4) is 0 Å². The molecule has 74 valence electrons. The normalized spacial score (nSPS) is 9.50. The van der Waals surface area contributed by atoms with Gasteiger partial charge in [-0.25, -0.2) is 4.79 Å². The summed E-state index contributed by atoms with van der Waals surface area (Å²) in [5.74, 6) is 0. The third kappa shape index (κ3) is 16.1. The second-order valence-corrected chi connectivity index (χ2v) is 3.57. The van der Waals surface area contributed by atoms with Gasteiger partial charge in [0.1, 0.15) is 0 Å². The van der Waals surface area contributed by atoms with Gasteiger partial charge in [0.2, 0.25) is 0 Å². The standard InChI is InChI=1S/C6H13NO2.C3H8/c1-6(2,3)7-5(8)9-4;1-3-2/h1-4H3,(H,7,8);3H2,1-2H3. The Hall–Kier alpha value is -0.730. The Bertz CT molecular complexity index is 116. The number of methoxy groups -OCH3 is 1. The van der Waals surface area contributed by atoms with Crippen molar-refractivity contribution in [3.8, 4) is 0 Å². The van der Waals surface area contributed by atoms with E-state index in [4.69, 9.17) is 0 Å². The van der Waals surface area contributed by atoms with Gasteiger partial charge in [-0.05, 0) is 20.8 Å². The summed E-state index contributed by atoms with van der Waals surface area (Å²) in [7, 11) is 1.35. The van der Waals surface area contributed by atoms with Gasteiger partial charge in [0.05, 0.1) is 7.11 Å². The summed E-state index contributed by atoms with van der Waals surface area (Å²) in [5.41, 5.74) is -0.201. The fraction of sp³-hybridized carbons (Fsp3) is 0.889. The summed E-state index contributed by atoms with van der Waals surface area (Å²) < 4.78 is 4.38. The summed E-state index contributed by atoms with van der Waals surface area (Å²) in [4.78, 5) is 10.5. The Morgan fingerprint density at radius 3 is 1.75 bits per heavy atom. The summed E-state index contributed by atoms with van der Waals surface area (Å²) in [5, 5.41) is 2.61. The molecule has 0 aromatic rings. The SMILES string of the molecule is CCC.COC(=O)NC(C)(C)C. The molecule has 0 saturated heterocycles. The van der Waals surface area contributed by atoms with Crippen LogP contribution < -0.4 is 5.32 Å². The largest absolute Gasteiger partial charge is 0.453 e. The summed E-state index contributed by atoms with van der Waals surface area (Å²) in [6.45, 7) is 9.93. The lowest BCUT2D eigenvalue weighted by Crippen LogP contribution is -2.40. The molecule has 0 aliphatic rings. The van der Waals surface area contributed by atoms with E-state index < -0.39 is 0 Å². The Balaban J connectivity index is 0. The highest BCUT2D eigenvalue weighted by Gasteiger charge is 2.12. The van der Waals surface area contributed by atoms with Gasteiger partial charge in [0, 0.05) is 5.54 Å². The monoisotopic (exact) mass is 175 g/mol. The maximum atomic E-state index is 10.5. The molecular weight excluding hydrogens is 154 g/mol. The lowest BCUT2D eigenvalue weighted by atomic mass is 10.1. The second-order valence-electron chi connectivity index (χ2n) is 3.57. The molecule has 3 heteroatoms. The molecule has 0 rings (SSSR count). The minimum absolute atomic E-state index is 0.201. The molecule has 1 N–H and O–H groups in total. The molecule has 0 aliphatic carbocycles. The van der Waals surface area contributed by atoms with Crippen LogP contribution in [0.1, 0.15) is 41.0 Å². The van der Waals surface area contributed by atoms with Gasteiger partial charge in [-0.3, -0.25) is 0 Å². The second kappa shape index (κ2) is 6.95. The third-order valence-electron chi connectivity index (χ3n) is 0.662. The predicted molar refractivity (Wildman–Crippen MR) is 51.3 cm³/mol. The van der Waals surface area contributed by atoms with Crippen LogP contribution >= 0.6 is 0 Å². The topological polar surface area (TPSA) is 38.3 Å². The van der Waals surface area contributed by atoms with E-state index in [2.05, 4.69) is 23.9 Å². The van der Waals surface area contributed by atoms with E-state index in [1.54, 1.807) is 0 Å². The van der Waals surface area contributed by atoms with Crippen molar-refractivity contribution in [2.45, 2.75) is 46.6 Å². The fourth-order valence-corrected chi connectivity index (χ4v) is 0.357. The first-order chi connectivity index (χ1) is 5.37. The molecule has 0 heterocycles. The zero-order valence-corrected chi connectivity index (χ0v) is 9.02. The number of carbonyl (C=O) groups excluding carboxylic acids is 1. The van der Waals surface area contributed by atoms with Crippen LogP contribution in [0, 0.1) is 0 Å². The molecular formula is C9H21NO2. The Morgan fingerprint density at radius 2 is 1.67 bits per heavy atom. The Morgan fingerprint density at radius 1 is 1.33 bits per heavy atom. The van der Waals surface area contributed by atoms with E-state index in [1.165, 1.54) is 13.5 Å². The number of alkyl carbamates (subject to hydrolysis) is 1. The molecule has 1 amide bonds. The van der Waals surface area contributed by atoms with Crippen molar-refractivity contribution < 1.29 is 9.53 Å². The molecule has 0 fully saturated rings. The van der Waals surface area contributed by atoms with E-state index >= 15 is 0 Å². The maximum Gasteiger partial charge on any atom is 0.407 e. The van der Waals surface area contributed by atoms with Crippen LogP contribution in [0.2, 0.25) is 0 Å². The predicted octanol–water partition coefficient (Wildman–Crippen LogP) is 2.56. The zero-order valence-electron chi connectivity index (χ0n) is 9.02. The summed E-state index contributed by atoms with van der Waals surface area (Å²) in [6.07, 6.45) is 0.863. The molecule has 0 aliphatic heterocycles. The van der Waals surface area contributed by atoms with Gasteiger partial charge in [-0.1, -0.05) is 20.3 Å². The van der Waals surface area contributed by atoms with Crippen molar-refractivity contribution >= 4 is 6.09 Å². The van der Waals surface area contributed by atoms with E-state index in [1.807, 2.05) is 20.8 Å².